The van der Waals surface area contributed by atoms with E-state index < -0.39 is 16.0 Å². The molecule has 1 aliphatic rings. The van der Waals surface area contributed by atoms with E-state index in [-0.39, 0.29) is 28.9 Å². The van der Waals surface area contributed by atoms with Crippen LogP contribution in [0.3, 0.4) is 0 Å². The zero-order chi connectivity index (χ0) is 19.0. The van der Waals surface area contributed by atoms with E-state index in [1.54, 1.807) is 28.7 Å². The summed E-state index contributed by atoms with van der Waals surface area (Å²) < 4.78 is 33.1. The fourth-order valence-corrected chi connectivity index (χ4v) is 5.52. The van der Waals surface area contributed by atoms with E-state index >= 15 is 0 Å². The molecule has 0 bridgehead atoms. The molecule has 4 heterocycles. The van der Waals surface area contributed by atoms with E-state index in [4.69, 9.17) is 0 Å². The molecular weight excluding hydrogens is 394 g/mol. The molecule has 0 spiro atoms. The second kappa shape index (κ2) is 6.83. The van der Waals surface area contributed by atoms with Crippen molar-refractivity contribution in [1.82, 2.24) is 34.3 Å². The average Bonchev–Trinajstić information content (AvgIpc) is 3.34. The number of ether oxygens (including phenoxy) is 1. The monoisotopic (exact) mass is 409 g/mol. The molecule has 1 aliphatic heterocycles. The number of aromatic nitrogens is 6. The lowest BCUT2D eigenvalue weighted by molar-refractivity contribution is 0.0602. The summed E-state index contributed by atoms with van der Waals surface area (Å²) in [5.41, 5.74) is 0.679. The minimum Gasteiger partial charge on any atom is -0.465 e. The Morgan fingerprint density at radius 3 is 2.78 bits per heavy atom. The smallest absolute Gasteiger partial charge is 0.349 e. The highest BCUT2D eigenvalue weighted by Crippen LogP contribution is 2.31. The highest BCUT2D eigenvalue weighted by atomic mass is 32.2. The summed E-state index contributed by atoms with van der Waals surface area (Å²) in [6.45, 7) is 0.891. The minimum atomic E-state index is -3.76. The first-order chi connectivity index (χ1) is 13.0. The van der Waals surface area contributed by atoms with E-state index in [9.17, 15) is 13.2 Å². The first-order valence-electron chi connectivity index (χ1n) is 7.90. The predicted molar refractivity (Wildman–Crippen MR) is 92.6 cm³/mol. The molecule has 0 unspecified atom stereocenters. The Labute approximate surface area is 158 Å². The lowest BCUT2D eigenvalue weighted by atomic mass is 10.2. The molecule has 142 valence electrons. The quantitative estimate of drug-likeness (QED) is 0.521. The molecule has 0 aliphatic carbocycles. The predicted octanol–water partition coefficient (Wildman–Crippen LogP) is 0.0116. The number of sulfonamides is 1. The molecule has 1 fully saturated rings. The fraction of sp³-hybridized carbons (Fsp3) is 0.357. The summed E-state index contributed by atoms with van der Waals surface area (Å²) in [5.74, 6) is -0.659. The van der Waals surface area contributed by atoms with Crippen molar-refractivity contribution >= 4 is 27.3 Å². The number of methoxy groups -OCH3 is 1. The second-order valence-electron chi connectivity index (χ2n) is 5.83. The Balaban J connectivity index is 1.44. The molecule has 11 nitrogen and oxygen atoms in total. The molecule has 0 aromatic carbocycles. The van der Waals surface area contributed by atoms with Gasteiger partial charge in [-0.15, -0.1) is 16.4 Å². The molecule has 4 rings (SSSR count). The fourth-order valence-electron chi connectivity index (χ4n) is 2.70. The van der Waals surface area contributed by atoms with Crippen LogP contribution in [0.5, 0.6) is 0 Å². The second-order valence-corrected chi connectivity index (χ2v) is 8.65. The van der Waals surface area contributed by atoms with Crippen molar-refractivity contribution in [3.8, 4) is 0 Å². The van der Waals surface area contributed by atoms with Crippen molar-refractivity contribution < 1.29 is 17.9 Å². The van der Waals surface area contributed by atoms with Gasteiger partial charge in [0.05, 0.1) is 31.7 Å². The maximum absolute atomic E-state index is 12.8. The number of carbonyl (C=O) groups excluding carboxylic acids is 1. The molecule has 0 radical (unpaired) electrons. The molecule has 3 aromatic heterocycles. The SMILES string of the molecule is COC(=O)c1sccc1S(=O)(=O)N1CC(n2cc(Cn3nccn3)nn2)C1. The topological polar surface area (TPSA) is 125 Å². The van der Waals surface area contributed by atoms with Crippen LogP contribution >= 0.6 is 11.3 Å². The Morgan fingerprint density at radius 2 is 2.07 bits per heavy atom. The standard InChI is InChI=1S/C14H15N7O4S2/c1-25-14(22)13-12(2-5-26-13)27(23,24)19-8-11(9-19)20-6-10(17-18-20)7-21-15-3-4-16-21/h2-6,11H,7-9H2,1H3. The summed E-state index contributed by atoms with van der Waals surface area (Å²) >= 11 is 1.04. The van der Waals surface area contributed by atoms with Crippen LogP contribution in [-0.4, -0.2) is 68.9 Å². The molecule has 0 N–H and O–H groups in total. The number of esters is 1. The summed E-state index contributed by atoms with van der Waals surface area (Å²) in [6.07, 6.45) is 4.90. The first-order valence-corrected chi connectivity index (χ1v) is 10.2. The van der Waals surface area contributed by atoms with Crippen molar-refractivity contribution in [3.63, 3.8) is 0 Å². The number of carbonyl (C=O) groups is 1. The molecule has 27 heavy (non-hydrogen) atoms. The lowest BCUT2D eigenvalue weighted by Gasteiger charge is -2.37. The van der Waals surface area contributed by atoms with Crippen molar-refractivity contribution in [2.75, 3.05) is 20.2 Å². The number of thiophene rings is 1. The Kier molecular flexibility index (Phi) is 4.49. The highest BCUT2D eigenvalue weighted by Gasteiger charge is 2.40. The molecule has 0 amide bonds. The third kappa shape index (κ3) is 3.24. The molecule has 0 saturated carbocycles. The Hall–Kier alpha value is -2.64. The van der Waals surface area contributed by atoms with Gasteiger partial charge in [-0.2, -0.15) is 19.3 Å². The largest absolute Gasteiger partial charge is 0.465 e. The van der Waals surface area contributed by atoms with Gasteiger partial charge in [-0.25, -0.2) is 17.9 Å². The van der Waals surface area contributed by atoms with Gasteiger partial charge in [0, 0.05) is 13.1 Å². The van der Waals surface area contributed by atoms with Crippen molar-refractivity contribution in [2.24, 2.45) is 0 Å². The molecule has 3 aromatic rings. The third-order valence-electron chi connectivity index (χ3n) is 4.15. The third-order valence-corrected chi connectivity index (χ3v) is 7.05. The highest BCUT2D eigenvalue weighted by molar-refractivity contribution is 7.89. The summed E-state index contributed by atoms with van der Waals surface area (Å²) in [5, 5.41) is 17.7. The number of hydrogen-bond acceptors (Lipinski definition) is 9. The van der Waals surface area contributed by atoms with Crippen molar-refractivity contribution in [1.29, 1.82) is 0 Å². The van der Waals surface area contributed by atoms with Gasteiger partial charge in [0.25, 0.3) is 0 Å². The molecule has 0 atom stereocenters. The van der Waals surface area contributed by atoms with Gasteiger partial charge in [0.15, 0.2) is 0 Å². The van der Waals surface area contributed by atoms with E-state index in [0.717, 1.165) is 11.3 Å². The number of hydrogen-bond donors (Lipinski definition) is 0. The van der Waals surface area contributed by atoms with Crippen LogP contribution in [0.1, 0.15) is 21.4 Å². The lowest BCUT2D eigenvalue weighted by Crippen LogP contribution is -2.50. The Morgan fingerprint density at radius 1 is 1.33 bits per heavy atom. The van der Waals surface area contributed by atoms with E-state index in [0.29, 0.717) is 12.2 Å². The maximum Gasteiger partial charge on any atom is 0.349 e. The zero-order valence-corrected chi connectivity index (χ0v) is 15.8. The Bertz CT molecular complexity index is 1050. The van der Waals surface area contributed by atoms with Gasteiger partial charge in [0.1, 0.15) is 22.0 Å². The number of rotatable bonds is 6. The van der Waals surface area contributed by atoms with E-state index in [2.05, 4.69) is 25.2 Å². The average molecular weight is 409 g/mol. The summed E-state index contributed by atoms with van der Waals surface area (Å²) in [7, 11) is -2.54. The van der Waals surface area contributed by atoms with Crippen LogP contribution < -0.4 is 0 Å². The van der Waals surface area contributed by atoms with Crippen LogP contribution in [0.2, 0.25) is 0 Å². The summed E-state index contributed by atoms with van der Waals surface area (Å²) in [4.78, 5) is 13.3. The van der Waals surface area contributed by atoms with E-state index in [1.165, 1.54) is 22.3 Å². The van der Waals surface area contributed by atoms with Crippen LogP contribution in [0.25, 0.3) is 0 Å². The van der Waals surface area contributed by atoms with Gasteiger partial charge in [-0.05, 0) is 11.4 Å². The molecule has 1 saturated heterocycles. The maximum atomic E-state index is 12.8. The van der Waals surface area contributed by atoms with E-state index in [1.807, 2.05) is 0 Å². The molecule has 13 heteroatoms. The van der Waals surface area contributed by atoms with Crippen LogP contribution in [-0.2, 0) is 21.3 Å². The van der Waals surface area contributed by atoms with Gasteiger partial charge >= 0.3 is 5.97 Å². The van der Waals surface area contributed by atoms with Gasteiger partial charge in [0.2, 0.25) is 10.0 Å². The minimum absolute atomic E-state index is 0.0261. The first kappa shape index (κ1) is 17.8. The van der Waals surface area contributed by atoms with Crippen LogP contribution in [0.4, 0.5) is 0 Å². The van der Waals surface area contributed by atoms with Crippen molar-refractivity contribution in [2.45, 2.75) is 17.5 Å². The summed E-state index contributed by atoms with van der Waals surface area (Å²) in [6, 6.07) is 1.30. The normalized spacial score (nSPS) is 15.6. The van der Waals surface area contributed by atoms with Crippen LogP contribution in [0, 0.1) is 0 Å². The van der Waals surface area contributed by atoms with Gasteiger partial charge in [-0.1, -0.05) is 5.21 Å². The van der Waals surface area contributed by atoms with Gasteiger partial charge < -0.3 is 4.74 Å². The zero-order valence-electron chi connectivity index (χ0n) is 14.2. The number of nitrogens with zero attached hydrogens (tertiary/aromatic N) is 7. The van der Waals surface area contributed by atoms with Crippen molar-refractivity contribution in [3.05, 3.63) is 40.6 Å². The van der Waals surface area contributed by atoms with Crippen LogP contribution in [0.15, 0.2) is 34.9 Å². The van der Waals surface area contributed by atoms with Gasteiger partial charge in [-0.3, -0.25) is 0 Å². The molecular formula is C14H15N7O4S2.